The van der Waals surface area contributed by atoms with E-state index >= 15 is 0 Å². The molecular formula is C17H26N2O3S. The van der Waals surface area contributed by atoms with Gasteiger partial charge in [-0.25, -0.2) is 8.42 Å². The molecule has 0 atom stereocenters. The molecule has 0 aromatic heterocycles. The maximum Gasteiger partial charge on any atom is 0.253 e. The van der Waals surface area contributed by atoms with E-state index in [9.17, 15) is 13.2 Å². The number of hydrogen-bond acceptors (Lipinski definition) is 3. The summed E-state index contributed by atoms with van der Waals surface area (Å²) in [6, 6.07) is 6.36. The molecule has 5 nitrogen and oxygen atoms in total. The molecule has 23 heavy (non-hydrogen) atoms. The molecule has 0 N–H and O–H groups in total. The van der Waals surface area contributed by atoms with Crippen LogP contribution in [0.3, 0.4) is 0 Å². The van der Waals surface area contributed by atoms with E-state index in [4.69, 9.17) is 0 Å². The first-order valence-corrected chi connectivity index (χ1v) is 9.84. The molecule has 0 bridgehead atoms. The Morgan fingerprint density at radius 3 is 2.04 bits per heavy atom. The molecule has 1 amide bonds. The van der Waals surface area contributed by atoms with Gasteiger partial charge in [-0.2, -0.15) is 4.31 Å². The summed E-state index contributed by atoms with van der Waals surface area (Å²) in [7, 11) is -3.48. The van der Waals surface area contributed by atoms with Crippen LogP contribution in [0.15, 0.2) is 29.2 Å². The predicted molar refractivity (Wildman–Crippen MR) is 90.9 cm³/mol. The van der Waals surface area contributed by atoms with Crippen LogP contribution in [0.2, 0.25) is 0 Å². The number of rotatable bonds is 7. The monoisotopic (exact) mass is 338 g/mol. The average Bonchev–Trinajstić information content (AvgIpc) is 3.08. The van der Waals surface area contributed by atoms with E-state index in [1.165, 1.54) is 4.31 Å². The van der Waals surface area contributed by atoms with Gasteiger partial charge in [0, 0.05) is 31.7 Å². The molecule has 0 aliphatic carbocycles. The van der Waals surface area contributed by atoms with E-state index in [0.717, 1.165) is 38.8 Å². The lowest BCUT2D eigenvalue weighted by molar-refractivity contribution is 0.0792. The summed E-state index contributed by atoms with van der Waals surface area (Å²) in [5.41, 5.74) is 0.559. The van der Waals surface area contributed by atoms with E-state index in [1.54, 1.807) is 24.3 Å². The van der Waals surface area contributed by atoms with Crippen molar-refractivity contribution in [3.63, 3.8) is 0 Å². The van der Waals surface area contributed by atoms with Crippen LogP contribution < -0.4 is 0 Å². The van der Waals surface area contributed by atoms with Crippen LogP contribution in [0, 0.1) is 0 Å². The van der Waals surface area contributed by atoms with Crippen LogP contribution in [-0.4, -0.2) is 49.7 Å². The van der Waals surface area contributed by atoms with Crippen molar-refractivity contribution in [3.8, 4) is 0 Å². The second-order valence-electron chi connectivity index (χ2n) is 5.93. The van der Waals surface area contributed by atoms with Crippen LogP contribution in [-0.2, 0) is 10.0 Å². The molecule has 6 heteroatoms. The number of amides is 1. The predicted octanol–water partition coefficient (Wildman–Crippen LogP) is 2.73. The lowest BCUT2D eigenvalue weighted by Crippen LogP contribution is -2.32. The van der Waals surface area contributed by atoms with Gasteiger partial charge in [-0.3, -0.25) is 4.79 Å². The summed E-state index contributed by atoms with van der Waals surface area (Å²) in [4.78, 5) is 14.4. The van der Waals surface area contributed by atoms with Crippen LogP contribution in [0.25, 0.3) is 0 Å². The highest BCUT2D eigenvalue weighted by Crippen LogP contribution is 2.19. The Bertz CT molecular complexity index is 614. The Morgan fingerprint density at radius 2 is 1.57 bits per heavy atom. The zero-order chi connectivity index (χ0) is 16.9. The van der Waals surface area contributed by atoms with E-state index in [1.807, 2.05) is 18.7 Å². The first kappa shape index (κ1) is 17.9. The second kappa shape index (κ2) is 7.93. The fourth-order valence-corrected chi connectivity index (χ4v) is 4.50. The molecule has 0 unspecified atom stereocenters. The van der Waals surface area contributed by atoms with E-state index in [2.05, 4.69) is 0 Å². The molecule has 1 aromatic rings. The van der Waals surface area contributed by atoms with Gasteiger partial charge in [0.15, 0.2) is 0 Å². The Morgan fingerprint density at radius 1 is 1.04 bits per heavy atom. The number of likely N-dealkylation sites (tertiary alicyclic amines) is 1. The van der Waals surface area contributed by atoms with Gasteiger partial charge in [0.1, 0.15) is 0 Å². The number of hydrogen-bond donors (Lipinski definition) is 0. The van der Waals surface area contributed by atoms with Gasteiger partial charge in [0.05, 0.1) is 4.90 Å². The summed E-state index contributed by atoms with van der Waals surface area (Å²) in [6.45, 7) is 6.56. The topological polar surface area (TPSA) is 57.7 Å². The number of carbonyl (C=O) groups is 1. The largest absolute Gasteiger partial charge is 0.339 e. The molecular weight excluding hydrogens is 312 g/mol. The van der Waals surface area contributed by atoms with Crippen molar-refractivity contribution in [1.82, 2.24) is 9.21 Å². The third-order valence-electron chi connectivity index (χ3n) is 4.08. The number of carbonyl (C=O) groups excluding carboxylic acids is 1. The zero-order valence-corrected chi connectivity index (χ0v) is 14.8. The van der Waals surface area contributed by atoms with Crippen LogP contribution in [0.5, 0.6) is 0 Å². The third kappa shape index (κ3) is 4.12. The summed E-state index contributed by atoms with van der Waals surface area (Å²) in [6.07, 6.45) is 3.65. The first-order valence-electron chi connectivity index (χ1n) is 8.40. The summed E-state index contributed by atoms with van der Waals surface area (Å²) in [5.74, 6) is -0.00887. The minimum Gasteiger partial charge on any atom is -0.339 e. The van der Waals surface area contributed by atoms with Crippen molar-refractivity contribution in [2.45, 2.75) is 44.4 Å². The Hall–Kier alpha value is -1.40. The summed E-state index contributed by atoms with van der Waals surface area (Å²) >= 11 is 0. The van der Waals surface area contributed by atoms with Crippen molar-refractivity contribution < 1.29 is 13.2 Å². The quantitative estimate of drug-likeness (QED) is 0.768. The van der Waals surface area contributed by atoms with Gasteiger partial charge in [-0.05, 0) is 49.9 Å². The number of sulfonamides is 1. The molecule has 0 spiro atoms. The van der Waals surface area contributed by atoms with E-state index in [-0.39, 0.29) is 10.8 Å². The average molecular weight is 338 g/mol. The van der Waals surface area contributed by atoms with Gasteiger partial charge >= 0.3 is 0 Å². The fraction of sp³-hybridized carbons (Fsp3) is 0.588. The first-order chi connectivity index (χ1) is 11.0. The highest BCUT2D eigenvalue weighted by atomic mass is 32.2. The lowest BCUT2D eigenvalue weighted by atomic mass is 10.2. The van der Waals surface area contributed by atoms with Gasteiger partial charge in [0.25, 0.3) is 5.91 Å². The van der Waals surface area contributed by atoms with Gasteiger partial charge in [0.2, 0.25) is 10.0 Å². The van der Waals surface area contributed by atoms with E-state index < -0.39 is 10.0 Å². The number of benzene rings is 1. The molecule has 128 valence electrons. The van der Waals surface area contributed by atoms with Crippen molar-refractivity contribution in [1.29, 1.82) is 0 Å². The molecule has 0 saturated carbocycles. The number of nitrogens with zero attached hydrogens (tertiary/aromatic N) is 2. The van der Waals surface area contributed by atoms with Crippen LogP contribution in [0.1, 0.15) is 49.9 Å². The third-order valence-corrected chi connectivity index (χ3v) is 5.99. The van der Waals surface area contributed by atoms with E-state index in [0.29, 0.717) is 18.7 Å². The standard InChI is InChI=1S/C17H26N2O3S/c1-3-11-19(12-4-2)23(21,22)16-9-7-15(8-10-16)17(20)18-13-5-6-14-18/h7-10H,3-6,11-14H2,1-2H3. The minimum atomic E-state index is -3.48. The van der Waals surface area contributed by atoms with Crippen molar-refractivity contribution >= 4 is 15.9 Å². The molecule has 1 fully saturated rings. The van der Waals surface area contributed by atoms with Crippen molar-refractivity contribution in [2.24, 2.45) is 0 Å². The van der Waals surface area contributed by atoms with Crippen LogP contribution >= 0.6 is 0 Å². The SMILES string of the molecule is CCCN(CCC)S(=O)(=O)c1ccc(C(=O)N2CCCC2)cc1. The highest BCUT2D eigenvalue weighted by molar-refractivity contribution is 7.89. The summed E-state index contributed by atoms with van der Waals surface area (Å²) in [5, 5.41) is 0. The van der Waals surface area contributed by atoms with Crippen LogP contribution in [0.4, 0.5) is 0 Å². The smallest absolute Gasteiger partial charge is 0.253 e. The Kier molecular flexibility index (Phi) is 6.18. The zero-order valence-electron chi connectivity index (χ0n) is 14.0. The van der Waals surface area contributed by atoms with Gasteiger partial charge in [-0.15, -0.1) is 0 Å². The molecule has 1 heterocycles. The fourth-order valence-electron chi connectivity index (χ4n) is 2.87. The Labute approximate surface area is 139 Å². The Balaban J connectivity index is 2.18. The highest BCUT2D eigenvalue weighted by Gasteiger charge is 2.24. The van der Waals surface area contributed by atoms with Gasteiger partial charge < -0.3 is 4.90 Å². The van der Waals surface area contributed by atoms with Crippen molar-refractivity contribution in [3.05, 3.63) is 29.8 Å². The second-order valence-corrected chi connectivity index (χ2v) is 7.87. The molecule has 1 aliphatic rings. The molecule has 2 rings (SSSR count). The lowest BCUT2D eigenvalue weighted by Gasteiger charge is -2.21. The molecule has 1 saturated heterocycles. The molecule has 1 aliphatic heterocycles. The normalized spacial score (nSPS) is 15.3. The maximum atomic E-state index is 12.7. The van der Waals surface area contributed by atoms with Crippen molar-refractivity contribution in [2.75, 3.05) is 26.2 Å². The molecule has 1 aromatic carbocycles. The maximum absolute atomic E-state index is 12.7. The molecule has 0 radical (unpaired) electrons. The minimum absolute atomic E-state index is 0.00887. The summed E-state index contributed by atoms with van der Waals surface area (Å²) < 4.78 is 26.9. The van der Waals surface area contributed by atoms with Gasteiger partial charge in [-0.1, -0.05) is 13.8 Å².